The van der Waals surface area contributed by atoms with Gasteiger partial charge in [-0.2, -0.15) is 15.3 Å². The van der Waals surface area contributed by atoms with Gasteiger partial charge in [0.25, 0.3) is 5.91 Å². The molecule has 142 valence electrons. The maximum absolute atomic E-state index is 11.7. The van der Waals surface area contributed by atoms with Crippen molar-refractivity contribution < 1.29 is 4.79 Å². The van der Waals surface area contributed by atoms with Gasteiger partial charge in [0.1, 0.15) is 17.1 Å². The lowest BCUT2D eigenvalue weighted by Crippen LogP contribution is -2.13. The van der Waals surface area contributed by atoms with Crippen LogP contribution < -0.4 is 5.73 Å². The van der Waals surface area contributed by atoms with Crippen molar-refractivity contribution in [3.63, 3.8) is 0 Å². The topological polar surface area (TPSA) is 133 Å². The number of hydrogen-bond acceptors (Lipinski definition) is 6. The van der Waals surface area contributed by atoms with Crippen LogP contribution in [0.25, 0.3) is 33.9 Å². The molecule has 0 aromatic carbocycles. The van der Waals surface area contributed by atoms with Crippen molar-refractivity contribution in [2.45, 2.75) is 32.7 Å². The number of amides is 1. The van der Waals surface area contributed by atoms with Crippen LogP contribution in [0.4, 0.5) is 0 Å². The van der Waals surface area contributed by atoms with Gasteiger partial charge in [0, 0.05) is 24.5 Å². The maximum atomic E-state index is 11.7. The summed E-state index contributed by atoms with van der Waals surface area (Å²) in [4.78, 5) is 20.8. The summed E-state index contributed by atoms with van der Waals surface area (Å²) in [6.07, 6.45) is 4.77. The minimum Gasteiger partial charge on any atom is -0.364 e. The fraction of sp³-hybridized carbons (Fsp3) is 0.333. The molecule has 10 heteroatoms. The Morgan fingerprint density at radius 2 is 2.18 bits per heavy atom. The molecule has 3 N–H and O–H groups in total. The number of carbonyl (C=O) groups is 1. The third-order valence-corrected chi connectivity index (χ3v) is 5.19. The third kappa shape index (κ3) is 2.34. The van der Waals surface area contributed by atoms with Gasteiger partial charge < -0.3 is 5.73 Å². The first-order chi connectivity index (χ1) is 13.6. The lowest BCUT2D eigenvalue weighted by Gasteiger charge is -2.04. The highest BCUT2D eigenvalue weighted by Gasteiger charge is 2.26. The monoisotopic (exact) mass is 377 g/mol. The van der Waals surface area contributed by atoms with E-state index in [1.54, 1.807) is 24.0 Å². The highest BCUT2D eigenvalue weighted by molar-refractivity contribution is 5.98. The van der Waals surface area contributed by atoms with Crippen molar-refractivity contribution in [2.24, 2.45) is 12.8 Å². The smallest absolute Gasteiger partial charge is 0.267 e. The minimum atomic E-state index is -0.606. The lowest BCUT2D eigenvalue weighted by molar-refractivity contribution is 0.0996. The van der Waals surface area contributed by atoms with Gasteiger partial charge >= 0.3 is 0 Å². The van der Waals surface area contributed by atoms with Gasteiger partial charge in [-0.1, -0.05) is 0 Å². The molecule has 0 spiro atoms. The highest BCUT2D eigenvalue weighted by Crippen LogP contribution is 2.32. The molecule has 0 atom stereocenters. The number of aromatic nitrogens is 8. The van der Waals surface area contributed by atoms with E-state index in [9.17, 15) is 4.79 Å². The van der Waals surface area contributed by atoms with Gasteiger partial charge in [-0.15, -0.1) is 0 Å². The first-order valence-electron chi connectivity index (χ1n) is 9.21. The quantitative estimate of drug-likeness (QED) is 0.549. The molecule has 4 heterocycles. The zero-order chi connectivity index (χ0) is 19.4. The second kappa shape index (κ2) is 5.98. The summed E-state index contributed by atoms with van der Waals surface area (Å²) in [5, 5.41) is 17.1. The van der Waals surface area contributed by atoms with Gasteiger partial charge in [-0.3, -0.25) is 19.3 Å². The number of fused-ring (bicyclic) bond motifs is 2. The Kier molecular flexibility index (Phi) is 3.54. The summed E-state index contributed by atoms with van der Waals surface area (Å²) < 4.78 is 3.62. The number of H-pyrrole nitrogens is 1. The molecule has 0 unspecified atom stereocenters. The van der Waals surface area contributed by atoms with Gasteiger partial charge in [0.2, 0.25) is 0 Å². The minimum absolute atomic E-state index is 0.156. The number of hydrogen-bond donors (Lipinski definition) is 2. The summed E-state index contributed by atoms with van der Waals surface area (Å²) in [5.41, 5.74) is 10.2. The molecular weight excluding hydrogens is 358 g/mol. The molecular formula is C18H19N9O. The standard InChI is InChI=1S/C18H19N9O/c1-3-27-15(9-5-4-6-11(9)25-27)18-22-17(23-24-18)14-10-8-20-26(2)13(10)7-12(21-14)16(19)28/h7-8H,3-6H2,1-2H3,(H2,19,28)(H,22,23,24). The second-order valence-corrected chi connectivity index (χ2v) is 6.87. The molecule has 0 radical (unpaired) electrons. The largest absolute Gasteiger partial charge is 0.364 e. The van der Waals surface area contributed by atoms with Crippen molar-refractivity contribution in [1.82, 2.24) is 39.7 Å². The number of rotatable bonds is 4. The zero-order valence-corrected chi connectivity index (χ0v) is 15.6. The Morgan fingerprint density at radius 1 is 1.32 bits per heavy atom. The average molecular weight is 377 g/mol. The summed E-state index contributed by atoms with van der Waals surface area (Å²) in [7, 11) is 1.80. The Balaban J connectivity index is 1.68. The van der Waals surface area contributed by atoms with Crippen molar-refractivity contribution in [3.05, 3.63) is 29.2 Å². The van der Waals surface area contributed by atoms with Crippen molar-refractivity contribution in [1.29, 1.82) is 0 Å². The molecule has 0 bridgehead atoms. The number of nitrogens with zero attached hydrogens (tertiary/aromatic N) is 7. The summed E-state index contributed by atoms with van der Waals surface area (Å²) in [6, 6.07) is 1.63. The predicted octanol–water partition coefficient (Wildman–Crippen LogP) is 1.22. The van der Waals surface area contributed by atoms with Crippen LogP contribution in [0.3, 0.4) is 0 Å². The van der Waals surface area contributed by atoms with E-state index in [-0.39, 0.29) is 5.69 Å². The average Bonchev–Trinajstić information content (AvgIpc) is 3.44. The molecule has 0 saturated carbocycles. The van der Waals surface area contributed by atoms with Gasteiger partial charge in [-0.05, 0) is 32.3 Å². The SMILES string of the molecule is CCn1nc2c(c1-c1n[nH]c(-c3nc(C(N)=O)cc4c3cnn4C)n1)CCC2. The Bertz CT molecular complexity index is 1230. The molecule has 1 amide bonds. The van der Waals surface area contributed by atoms with Crippen LogP contribution >= 0.6 is 0 Å². The molecule has 0 saturated heterocycles. The second-order valence-electron chi connectivity index (χ2n) is 6.87. The fourth-order valence-electron chi connectivity index (χ4n) is 3.85. The van der Waals surface area contributed by atoms with E-state index in [2.05, 4.69) is 32.2 Å². The van der Waals surface area contributed by atoms with Gasteiger partial charge in [0.15, 0.2) is 11.6 Å². The fourth-order valence-corrected chi connectivity index (χ4v) is 3.85. The number of primary amides is 1. The lowest BCUT2D eigenvalue weighted by atomic mass is 10.2. The number of aryl methyl sites for hydroxylation is 3. The van der Waals surface area contributed by atoms with Crippen LogP contribution in [0.1, 0.15) is 35.1 Å². The zero-order valence-electron chi connectivity index (χ0n) is 15.6. The van der Waals surface area contributed by atoms with Gasteiger partial charge in [0.05, 0.1) is 17.4 Å². The molecule has 1 aliphatic carbocycles. The number of nitrogens with one attached hydrogen (secondary N) is 1. The normalized spacial score (nSPS) is 13.4. The molecule has 4 aromatic rings. The summed E-state index contributed by atoms with van der Waals surface area (Å²) in [6.45, 7) is 2.80. The van der Waals surface area contributed by atoms with Crippen LogP contribution in [-0.2, 0) is 26.4 Å². The number of nitrogens with two attached hydrogens (primary N) is 1. The van der Waals surface area contributed by atoms with Crippen molar-refractivity contribution >= 4 is 16.8 Å². The van der Waals surface area contributed by atoms with E-state index in [0.29, 0.717) is 17.3 Å². The summed E-state index contributed by atoms with van der Waals surface area (Å²) in [5.74, 6) is 0.438. The third-order valence-electron chi connectivity index (χ3n) is 5.19. The van der Waals surface area contributed by atoms with Crippen LogP contribution in [0.5, 0.6) is 0 Å². The van der Waals surface area contributed by atoms with Gasteiger partial charge in [-0.25, -0.2) is 9.97 Å². The van der Waals surface area contributed by atoms with Crippen LogP contribution in [-0.4, -0.2) is 45.6 Å². The first kappa shape index (κ1) is 16.6. The van der Waals surface area contributed by atoms with E-state index in [1.165, 1.54) is 5.56 Å². The van der Waals surface area contributed by atoms with E-state index < -0.39 is 5.91 Å². The summed E-state index contributed by atoms with van der Waals surface area (Å²) >= 11 is 0. The Hall–Kier alpha value is -3.56. The number of carbonyl (C=O) groups excluding carboxylic acids is 1. The Morgan fingerprint density at radius 3 is 2.96 bits per heavy atom. The first-order valence-corrected chi connectivity index (χ1v) is 9.21. The molecule has 0 fully saturated rings. The van der Waals surface area contributed by atoms with Crippen LogP contribution in [0.2, 0.25) is 0 Å². The molecule has 10 nitrogen and oxygen atoms in total. The number of aromatic amines is 1. The predicted molar refractivity (Wildman–Crippen MR) is 101 cm³/mol. The van der Waals surface area contributed by atoms with E-state index >= 15 is 0 Å². The highest BCUT2D eigenvalue weighted by atomic mass is 16.1. The molecule has 4 aromatic heterocycles. The van der Waals surface area contributed by atoms with E-state index in [0.717, 1.165) is 48.1 Å². The van der Waals surface area contributed by atoms with Crippen LogP contribution in [0, 0.1) is 0 Å². The van der Waals surface area contributed by atoms with E-state index in [4.69, 9.17) is 10.8 Å². The number of pyridine rings is 1. The van der Waals surface area contributed by atoms with E-state index in [1.807, 2.05) is 4.68 Å². The Labute approximate surface area is 159 Å². The molecule has 5 rings (SSSR count). The van der Waals surface area contributed by atoms with Crippen molar-refractivity contribution in [3.8, 4) is 23.0 Å². The molecule has 28 heavy (non-hydrogen) atoms. The molecule has 1 aliphatic rings. The molecule has 0 aliphatic heterocycles. The maximum Gasteiger partial charge on any atom is 0.267 e. The van der Waals surface area contributed by atoms with Crippen molar-refractivity contribution in [2.75, 3.05) is 0 Å². The van der Waals surface area contributed by atoms with Crippen LogP contribution in [0.15, 0.2) is 12.3 Å².